The predicted octanol–water partition coefficient (Wildman–Crippen LogP) is 3.26. The van der Waals surface area contributed by atoms with Crippen molar-refractivity contribution in [2.45, 2.75) is 0 Å². The smallest absolute Gasteiger partial charge is 0.123 e. The molecular formula is C15H12FN3. The van der Waals surface area contributed by atoms with Crippen LogP contribution in [0.1, 0.15) is 0 Å². The summed E-state index contributed by atoms with van der Waals surface area (Å²) in [5.74, 6) is 0.336. The Balaban J connectivity index is 2.17. The van der Waals surface area contributed by atoms with Crippen molar-refractivity contribution in [3.63, 3.8) is 0 Å². The summed E-state index contributed by atoms with van der Waals surface area (Å²) >= 11 is 0. The maximum atomic E-state index is 13.0. The third-order valence-electron chi connectivity index (χ3n) is 2.95. The second-order valence-electron chi connectivity index (χ2n) is 4.20. The maximum absolute atomic E-state index is 13.0. The fraction of sp³-hybridized carbons (Fsp3) is 0. The van der Waals surface area contributed by atoms with Crippen molar-refractivity contribution >= 4 is 5.82 Å². The summed E-state index contributed by atoms with van der Waals surface area (Å²) in [6, 6.07) is 13.8. The van der Waals surface area contributed by atoms with Crippen LogP contribution in [0.4, 0.5) is 10.2 Å². The number of hydrogen-bond acceptors (Lipinski definition) is 2. The number of nitrogens with zero attached hydrogens (tertiary/aromatic N) is 2. The van der Waals surface area contributed by atoms with Gasteiger partial charge in [-0.3, -0.25) is 9.55 Å². The van der Waals surface area contributed by atoms with Crippen LogP contribution in [0.3, 0.4) is 0 Å². The van der Waals surface area contributed by atoms with Crippen LogP contribution in [0.2, 0.25) is 0 Å². The largest absolute Gasteiger partial charge is 0.385 e. The first-order chi connectivity index (χ1) is 9.25. The van der Waals surface area contributed by atoms with Crippen molar-refractivity contribution in [1.29, 1.82) is 0 Å². The highest BCUT2D eigenvalue weighted by molar-refractivity contribution is 5.66. The Bertz CT molecular complexity index is 687. The van der Waals surface area contributed by atoms with Crippen LogP contribution in [-0.4, -0.2) is 9.55 Å². The number of nitrogen functional groups attached to an aromatic ring is 1. The Labute approximate surface area is 110 Å². The lowest BCUT2D eigenvalue weighted by Crippen LogP contribution is -2.01. The second kappa shape index (κ2) is 4.57. The number of rotatable bonds is 2. The van der Waals surface area contributed by atoms with Gasteiger partial charge in [0.05, 0.1) is 5.69 Å². The minimum absolute atomic E-state index is 0.266. The topological polar surface area (TPSA) is 43.8 Å². The molecule has 0 radical (unpaired) electrons. The van der Waals surface area contributed by atoms with Crippen LogP contribution >= 0.6 is 0 Å². The molecule has 4 heteroatoms. The van der Waals surface area contributed by atoms with E-state index in [1.165, 1.54) is 12.1 Å². The second-order valence-corrected chi connectivity index (χ2v) is 4.20. The summed E-state index contributed by atoms with van der Waals surface area (Å²) in [6.07, 6.45) is 3.49. The molecule has 94 valence electrons. The van der Waals surface area contributed by atoms with Gasteiger partial charge in [0.25, 0.3) is 0 Å². The van der Waals surface area contributed by atoms with Crippen LogP contribution in [-0.2, 0) is 0 Å². The number of aromatic nitrogens is 2. The molecule has 0 saturated heterocycles. The van der Waals surface area contributed by atoms with E-state index in [2.05, 4.69) is 4.98 Å². The van der Waals surface area contributed by atoms with Gasteiger partial charge in [0, 0.05) is 23.6 Å². The third kappa shape index (κ3) is 2.08. The van der Waals surface area contributed by atoms with Gasteiger partial charge >= 0.3 is 0 Å². The minimum atomic E-state index is -0.266. The zero-order valence-electron chi connectivity index (χ0n) is 10.1. The van der Waals surface area contributed by atoms with E-state index >= 15 is 0 Å². The SMILES string of the molecule is Nc1ccc(-c2cccnc2)n1-c1ccc(F)cc1. The van der Waals surface area contributed by atoms with Crippen molar-refractivity contribution in [2.24, 2.45) is 0 Å². The molecule has 2 aromatic heterocycles. The lowest BCUT2D eigenvalue weighted by Gasteiger charge is -2.11. The van der Waals surface area contributed by atoms with E-state index in [1.54, 1.807) is 24.5 Å². The Morgan fingerprint density at radius 3 is 2.47 bits per heavy atom. The summed E-state index contributed by atoms with van der Waals surface area (Å²) in [7, 11) is 0. The quantitative estimate of drug-likeness (QED) is 0.761. The molecule has 0 aliphatic rings. The van der Waals surface area contributed by atoms with Gasteiger partial charge in [0.15, 0.2) is 0 Å². The van der Waals surface area contributed by atoms with Crippen molar-refractivity contribution in [3.05, 3.63) is 66.7 Å². The number of anilines is 1. The molecule has 0 spiro atoms. The van der Waals surface area contributed by atoms with Gasteiger partial charge < -0.3 is 5.73 Å². The molecule has 2 heterocycles. The molecule has 0 amide bonds. The fourth-order valence-electron chi connectivity index (χ4n) is 2.07. The molecule has 3 aromatic rings. The number of halogens is 1. The van der Waals surface area contributed by atoms with Crippen LogP contribution in [0, 0.1) is 5.82 Å². The fourth-order valence-corrected chi connectivity index (χ4v) is 2.07. The van der Waals surface area contributed by atoms with Gasteiger partial charge in [-0.05, 0) is 48.5 Å². The molecule has 0 unspecified atom stereocenters. The number of benzene rings is 1. The maximum Gasteiger partial charge on any atom is 0.123 e. The molecule has 0 aliphatic heterocycles. The highest BCUT2D eigenvalue weighted by Gasteiger charge is 2.09. The third-order valence-corrected chi connectivity index (χ3v) is 2.95. The summed E-state index contributed by atoms with van der Waals surface area (Å²) in [5.41, 5.74) is 8.71. The first kappa shape index (κ1) is 11.5. The number of hydrogen-bond donors (Lipinski definition) is 1. The lowest BCUT2D eigenvalue weighted by atomic mass is 10.2. The molecule has 0 fully saturated rings. The van der Waals surface area contributed by atoms with Crippen LogP contribution in [0.5, 0.6) is 0 Å². The molecule has 0 aliphatic carbocycles. The standard InChI is InChI=1S/C15H12FN3/c16-12-3-5-13(6-4-12)19-14(7-8-15(19)17)11-2-1-9-18-10-11/h1-10H,17H2. The molecule has 3 rings (SSSR count). The molecule has 1 aromatic carbocycles. The highest BCUT2D eigenvalue weighted by atomic mass is 19.1. The predicted molar refractivity (Wildman–Crippen MR) is 73.4 cm³/mol. The van der Waals surface area contributed by atoms with Gasteiger partial charge in [-0.25, -0.2) is 4.39 Å². The Morgan fingerprint density at radius 1 is 1.00 bits per heavy atom. The summed E-state index contributed by atoms with van der Waals surface area (Å²) in [5, 5.41) is 0. The van der Waals surface area contributed by atoms with Gasteiger partial charge in [-0.1, -0.05) is 0 Å². The Kier molecular flexibility index (Phi) is 2.76. The van der Waals surface area contributed by atoms with E-state index < -0.39 is 0 Å². The van der Waals surface area contributed by atoms with Gasteiger partial charge in [-0.15, -0.1) is 0 Å². The van der Waals surface area contributed by atoms with E-state index in [9.17, 15) is 4.39 Å². The van der Waals surface area contributed by atoms with Crippen molar-refractivity contribution in [3.8, 4) is 16.9 Å². The van der Waals surface area contributed by atoms with E-state index in [1.807, 2.05) is 28.8 Å². The molecule has 19 heavy (non-hydrogen) atoms. The first-order valence-electron chi connectivity index (χ1n) is 5.89. The molecule has 0 atom stereocenters. The Morgan fingerprint density at radius 2 is 1.79 bits per heavy atom. The zero-order valence-corrected chi connectivity index (χ0v) is 10.1. The molecular weight excluding hydrogens is 241 g/mol. The van der Waals surface area contributed by atoms with Gasteiger partial charge in [-0.2, -0.15) is 0 Å². The number of nitrogens with two attached hydrogens (primary N) is 1. The normalized spacial score (nSPS) is 10.6. The summed E-state index contributed by atoms with van der Waals surface area (Å²) in [4.78, 5) is 4.11. The lowest BCUT2D eigenvalue weighted by molar-refractivity contribution is 0.627. The summed E-state index contributed by atoms with van der Waals surface area (Å²) in [6.45, 7) is 0. The molecule has 3 nitrogen and oxygen atoms in total. The average Bonchev–Trinajstić information content (AvgIpc) is 2.83. The monoisotopic (exact) mass is 253 g/mol. The van der Waals surface area contributed by atoms with Gasteiger partial charge in [0.1, 0.15) is 11.6 Å². The first-order valence-corrected chi connectivity index (χ1v) is 5.89. The molecule has 0 bridgehead atoms. The average molecular weight is 253 g/mol. The van der Waals surface area contributed by atoms with Crippen LogP contribution in [0.25, 0.3) is 16.9 Å². The zero-order chi connectivity index (χ0) is 13.2. The summed E-state index contributed by atoms with van der Waals surface area (Å²) < 4.78 is 14.9. The van der Waals surface area contributed by atoms with Crippen molar-refractivity contribution in [2.75, 3.05) is 5.73 Å². The van der Waals surface area contributed by atoms with Gasteiger partial charge in [0.2, 0.25) is 0 Å². The van der Waals surface area contributed by atoms with Crippen LogP contribution < -0.4 is 5.73 Å². The van der Waals surface area contributed by atoms with E-state index in [0.29, 0.717) is 5.82 Å². The van der Waals surface area contributed by atoms with E-state index in [4.69, 9.17) is 5.73 Å². The molecule has 0 saturated carbocycles. The van der Waals surface area contributed by atoms with E-state index in [-0.39, 0.29) is 5.82 Å². The highest BCUT2D eigenvalue weighted by Crippen LogP contribution is 2.27. The Hall–Kier alpha value is -2.62. The van der Waals surface area contributed by atoms with Crippen molar-refractivity contribution in [1.82, 2.24) is 9.55 Å². The molecule has 2 N–H and O–H groups in total. The van der Waals surface area contributed by atoms with Crippen LogP contribution in [0.15, 0.2) is 60.9 Å². The van der Waals surface area contributed by atoms with E-state index in [0.717, 1.165) is 16.9 Å². The number of pyridine rings is 1. The minimum Gasteiger partial charge on any atom is -0.385 e. The van der Waals surface area contributed by atoms with Crippen molar-refractivity contribution < 1.29 is 4.39 Å².